The van der Waals surface area contributed by atoms with Crippen LogP contribution in [0.2, 0.25) is 0 Å². The number of aromatic nitrogens is 5. The molecular formula is C18H14N6O. The first kappa shape index (κ1) is 14.9. The van der Waals surface area contributed by atoms with E-state index in [9.17, 15) is 0 Å². The molecule has 0 aliphatic rings. The molecular weight excluding hydrogens is 316 g/mol. The van der Waals surface area contributed by atoms with E-state index in [1.54, 1.807) is 49.7 Å². The maximum Gasteiger partial charge on any atom is 0.223 e. The lowest BCUT2D eigenvalue weighted by Crippen LogP contribution is -2.05. The van der Waals surface area contributed by atoms with Gasteiger partial charge in [-0.3, -0.25) is 15.0 Å². The number of pyridine rings is 1. The SMILES string of the molecule is c1cncc(CNc2ncc(-c3cnccn3)c(-c3ccoc3)n2)c1. The van der Waals surface area contributed by atoms with Gasteiger partial charge in [0.2, 0.25) is 5.95 Å². The van der Waals surface area contributed by atoms with Gasteiger partial charge in [-0.2, -0.15) is 0 Å². The molecule has 0 aromatic carbocycles. The van der Waals surface area contributed by atoms with Gasteiger partial charge in [0.05, 0.1) is 30.1 Å². The Kier molecular flexibility index (Phi) is 4.11. The summed E-state index contributed by atoms with van der Waals surface area (Å²) in [6.07, 6.45) is 13.5. The second-order valence-corrected chi connectivity index (χ2v) is 5.27. The largest absolute Gasteiger partial charge is 0.472 e. The van der Waals surface area contributed by atoms with Crippen molar-refractivity contribution in [2.24, 2.45) is 0 Å². The monoisotopic (exact) mass is 330 g/mol. The minimum atomic E-state index is 0.521. The Labute approximate surface area is 143 Å². The molecule has 0 fully saturated rings. The lowest BCUT2D eigenvalue weighted by Gasteiger charge is -2.10. The second kappa shape index (κ2) is 6.88. The molecule has 4 aromatic rings. The second-order valence-electron chi connectivity index (χ2n) is 5.27. The molecule has 7 nitrogen and oxygen atoms in total. The van der Waals surface area contributed by atoms with Crippen molar-refractivity contribution in [1.29, 1.82) is 0 Å². The average molecular weight is 330 g/mol. The van der Waals surface area contributed by atoms with Gasteiger partial charge in [-0.25, -0.2) is 9.97 Å². The van der Waals surface area contributed by atoms with Gasteiger partial charge in [0.15, 0.2) is 0 Å². The molecule has 0 saturated carbocycles. The Bertz CT molecular complexity index is 942. The van der Waals surface area contributed by atoms with E-state index in [2.05, 4.69) is 30.2 Å². The van der Waals surface area contributed by atoms with Crippen molar-refractivity contribution < 1.29 is 4.42 Å². The van der Waals surface area contributed by atoms with E-state index in [1.165, 1.54) is 0 Å². The highest BCUT2D eigenvalue weighted by atomic mass is 16.3. The highest BCUT2D eigenvalue weighted by Gasteiger charge is 2.13. The zero-order valence-electron chi connectivity index (χ0n) is 13.2. The van der Waals surface area contributed by atoms with Crippen LogP contribution in [0.1, 0.15) is 5.56 Å². The predicted molar refractivity (Wildman–Crippen MR) is 92.3 cm³/mol. The summed E-state index contributed by atoms with van der Waals surface area (Å²) in [5, 5.41) is 3.21. The fourth-order valence-corrected chi connectivity index (χ4v) is 2.40. The molecule has 4 rings (SSSR count). The van der Waals surface area contributed by atoms with Crippen LogP contribution in [0.4, 0.5) is 5.95 Å². The number of hydrogen-bond acceptors (Lipinski definition) is 7. The molecule has 0 amide bonds. The van der Waals surface area contributed by atoms with Gasteiger partial charge in [0, 0.05) is 48.7 Å². The van der Waals surface area contributed by atoms with E-state index < -0.39 is 0 Å². The highest BCUT2D eigenvalue weighted by Crippen LogP contribution is 2.29. The van der Waals surface area contributed by atoms with Crippen LogP contribution in [0.15, 0.2) is 72.3 Å². The summed E-state index contributed by atoms with van der Waals surface area (Å²) in [7, 11) is 0. The molecule has 122 valence electrons. The summed E-state index contributed by atoms with van der Waals surface area (Å²) < 4.78 is 5.20. The van der Waals surface area contributed by atoms with E-state index in [4.69, 9.17) is 4.42 Å². The summed E-state index contributed by atoms with van der Waals surface area (Å²) >= 11 is 0. The van der Waals surface area contributed by atoms with Gasteiger partial charge >= 0.3 is 0 Å². The Morgan fingerprint density at radius 1 is 0.960 bits per heavy atom. The maximum absolute atomic E-state index is 5.20. The van der Waals surface area contributed by atoms with Crippen LogP contribution in [0.5, 0.6) is 0 Å². The Morgan fingerprint density at radius 2 is 1.92 bits per heavy atom. The molecule has 0 bridgehead atoms. The number of nitrogens with zero attached hydrogens (tertiary/aromatic N) is 5. The molecule has 0 atom stereocenters. The third-order valence-corrected chi connectivity index (χ3v) is 3.60. The average Bonchev–Trinajstić information content (AvgIpc) is 3.22. The van der Waals surface area contributed by atoms with Crippen LogP contribution in [-0.4, -0.2) is 24.9 Å². The van der Waals surface area contributed by atoms with Gasteiger partial charge in [-0.1, -0.05) is 6.07 Å². The molecule has 0 radical (unpaired) electrons. The van der Waals surface area contributed by atoms with E-state index in [-0.39, 0.29) is 0 Å². The lowest BCUT2D eigenvalue weighted by molar-refractivity contribution is 0.568. The van der Waals surface area contributed by atoms with Crippen molar-refractivity contribution in [1.82, 2.24) is 24.9 Å². The van der Waals surface area contributed by atoms with Crippen molar-refractivity contribution in [3.63, 3.8) is 0 Å². The molecule has 4 aromatic heterocycles. The number of rotatable bonds is 5. The van der Waals surface area contributed by atoms with E-state index in [0.29, 0.717) is 18.2 Å². The molecule has 0 aliphatic carbocycles. The Hall–Kier alpha value is -3.61. The van der Waals surface area contributed by atoms with Crippen molar-refractivity contribution in [2.45, 2.75) is 6.54 Å². The topological polar surface area (TPSA) is 89.6 Å². The maximum atomic E-state index is 5.20. The molecule has 0 saturated heterocycles. The van der Waals surface area contributed by atoms with Crippen molar-refractivity contribution in [3.05, 3.63) is 73.5 Å². The predicted octanol–water partition coefficient (Wildman–Crippen LogP) is 3.20. The van der Waals surface area contributed by atoms with Gasteiger partial charge in [0.1, 0.15) is 0 Å². The zero-order chi connectivity index (χ0) is 16.9. The summed E-state index contributed by atoms with van der Waals surface area (Å²) in [5.41, 5.74) is 4.14. The fourth-order valence-electron chi connectivity index (χ4n) is 2.40. The quantitative estimate of drug-likeness (QED) is 0.601. The third kappa shape index (κ3) is 3.35. The summed E-state index contributed by atoms with van der Waals surface area (Å²) in [6, 6.07) is 5.74. The first-order valence-electron chi connectivity index (χ1n) is 7.69. The fraction of sp³-hybridized carbons (Fsp3) is 0.0556. The Balaban J connectivity index is 1.68. The van der Waals surface area contributed by atoms with Gasteiger partial charge in [-0.05, 0) is 17.7 Å². The minimum absolute atomic E-state index is 0.521. The Morgan fingerprint density at radius 3 is 2.68 bits per heavy atom. The molecule has 1 N–H and O–H groups in total. The van der Waals surface area contributed by atoms with Gasteiger partial charge in [-0.15, -0.1) is 0 Å². The third-order valence-electron chi connectivity index (χ3n) is 3.60. The van der Waals surface area contributed by atoms with Crippen LogP contribution in [-0.2, 0) is 6.54 Å². The van der Waals surface area contributed by atoms with Crippen LogP contribution >= 0.6 is 0 Å². The zero-order valence-corrected chi connectivity index (χ0v) is 13.2. The number of anilines is 1. The van der Waals surface area contributed by atoms with Crippen molar-refractivity contribution in [3.8, 4) is 22.5 Å². The molecule has 0 unspecified atom stereocenters. The van der Waals surface area contributed by atoms with Crippen LogP contribution in [0, 0.1) is 0 Å². The van der Waals surface area contributed by atoms with E-state index in [0.717, 1.165) is 22.4 Å². The molecule has 0 aliphatic heterocycles. The highest BCUT2D eigenvalue weighted by molar-refractivity contribution is 5.78. The molecule has 4 heterocycles. The van der Waals surface area contributed by atoms with Crippen LogP contribution < -0.4 is 5.32 Å². The molecule has 7 heteroatoms. The number of hydrogen-bond donors (Lipinski definition) is 1. The van der Waals surface area contributed by atoms with Crippen LogP contribution in [0.25, 0.3) is 22.5 Å². The van der Waals surface area contributed by atoms with Crippen molar-refractivity contribution >= 4 is 5.95 Å². The standard InChI is InChI=1S/C18H14N6O/c1-2-13(8-19-4-1)9-22-18-23-10-15(16-11-20-5-6-21-16)17(24-18)14-3-7-25-12-14/h1-8,10-12H,9H2,(H,22,23,24). The first-order chi connectivity index (χ1) is 12.4. The summed E-state index contributed by atoms with van der Waals surface area (Å²) in [6.45, 7) is 0.586. The minimum Gasteiger partial charge on any atom is -0.472 e. The first-order valence-corrected chi connectivity index (χ1v) is 7.69. The summed E-state index contributed by atoms with van der Waals surface area (Å²) in [4.78, 5) is 21.6. The van der Waals surface area contributed by atoms with Gasteiger partial charge < -0.3 is 9.73 Å². The van der Waals surface area contributed by atoms with Crippen LogP contribution in [0.3, 0.4) is 0 Å². The normalized spacial score (nSPS) is 10.6. The molecule has 25 heavy (non-hydrogen) atoms. The van der Waals surface area contributed by atoms with Gasteiger partial charge in [0.25, 0.3) is 0 Å². The molecule has 0 spiro atoms. The van der Waals surface area contributed by atoms with Crippen molar-refractivity contribution in [2.75, 3.05) is 5.32 Å². The van der Waals surface area contributed by atoms with E-state index in [1.807, 2.05) is 18.2 Å². The number of nitrogens with one attached hydrogen (secondary N) is 1. The summed E-state index contributed by atoms with van der Waals surface area (Å²) in [5.74, 6) is 0.521. The smallest absolute Gasteiger partial charge is 0.223 e. The number of furan rings is 1. The lowest BCUT2D eigenvalue weighted by atomic mass is 10.1. The van der Waals surface area contributed by atoms with E-state index >= 15 is 0 Å².